The Kier molecular flexibility index (Phi) is 26.8. The molecule has 0 radical (unpaired) electrons. The summed E-state index contributed by atoms with van der Waals surface area (Å²) in [4.78, 5) is 73.4. The molecule has 18 nitrogen and oxygen atoms in total. The topological polar surface area (TPSA) is 228 Å². The molecule has 1 unspecified atom stereocenters. The van der Waals surface area contributed by atoms with Gasteiger partial charge in [0.25, 0.3) is 11.7 Å². The van der Waals surface area contributed by atoms with Crippen LogP contribution in [-0.4, -0.2) is 148 Å². The minimum atomic E-state index is -2.46. The molecule has 15 atom stereocenters. The number of carbonyl (C=O) groups is 5. The van der Waals surface area contributed by atoms with Crippen molar-refractivity contribution < 1.29 is 67.0 Å². The van der Waals surface area contributed by atoms with Gasteiger partial charge < -0.3 is 48.0 Å². The van der Waals surface area contributed by atoms with Crippen molar-refractivity contribution in [3.63, 3.8) is 0 Å². The minimum Gasteiger partial charge on any atom is -0.469 e. The number of hydrogen-bond donors (Lipinski definition) is 2. The van der Waals surface area contributed by atoms with E-state index in [1.54, 1.807) is 46.3 Å². The van der Waals surface area contributed by atoms with Crippen LogP contribution < -0.4 is 0 Å². The number of piperidine rings is 1. The van der Waals surface area contributed by atoms with E-state index in [4.69, 9.17) is 32.8 Å². The third-order valence-corrected chi connectivity index (χ3v) is 17.7. The Bertz CT molecular complexity index is 2500. The molecular weight excluding hydrogens is 1060 g/mol. The Hall–Kier alpha value is -4.95. The molecule has 4 aliphatic rings. The van der Waals surface area contributed by atoms with Crippen LogP contribution in [0.2, 0.25) is 0 Å². The number of ether oxygens (including phenoxy) is 6. The molecule has 2 N–H and O–H groups in total. The highest BCUT2D eigenvalue weighted by atomic mass is 16.6. The van der Waals surface area contributed by atoms with E-state index in [2.05, 4.69) is 17.2 Å². The van der Waals surface area contributed by atoms with Crippen molar-refractivity contribution in [3.05, 3.63) is 83.6 Å². The van der Waals surface area contributed by atoms with E-state index in [9.17, 15) is 34.2 Å². The van der Waals surface area contributed by atoms with Crippen molar-refractivity contribution in [2.45, 2.75) is 219 Å². The zero-order chi connectivity index (χ0) is 60.2. The number of allylic oxidation sites excluding steroid dienone is 7. The number of rotatable bonds is 17. The van der Waals surface area contributed by atoms with Crippen molar-refractivity contribution in [1.29, 1.82) is 0 Å². The summed E-state index contributed by atoms with van der Waals surface area (Å²) in [6, 6.07) is 2.52. The Balaban J connectivity index is 1.21. The average Bonchev–Trinajstić information content (AvgIpc) is 3.81. The van der Waals surface area contributed by atoms with Gasteiger partial charge in [-0.15, -0.1) is 5.10 Å². The fraction of sp³-hybridized carbons (Fsp3) is 0.708. The monoisotopic (exact) mass is 1160 g/mol. The quantitative estimate of drug-likeness (QED) is 0.0650. The molecule has 2 aromatic heterocycles. The summed E-state index contributed by atoms with van der Waals surface area (Å²) in [5, 5.41) is 32.4. The number of ketones is 3. The SMILES string of the molecule is CCCOCCn1cc(CCCCO[C@@H]2CC[C@@H](C[C@@H](C)[C@@H]3CC(=O)[C@H](C)/C=C(\C)[C@@H](O)[C@@H](OC)C(=O)[C@H](C)C[C@H](C)/C=C/C=C/C=C(\C)C(c4ccco4)C[C@@H]4CC[C@@H](C)[C@@](O)(O4)C(=O)C(=O)N4CCCC[C@H]4C(=O)O3)C[C@H]2OC)nn1. The summed E-state index contributed by atoms with van der Waals surface area (Å²) in [5.74, 6) is -7.60. The van der Waals surface area contributed by atoms with E-state index in [1.807, 2.05) is 75.0 Å². The van der Waals surface area contributed by atoms with Crippen molar-refractivity contribution in [3.8, 4) is 0 Å². The second kappa shape index (κ2) is 33.1. The van der Waals surface area contributed by atoms with Crippen molar-refractivity contribution in [1.82, 2.24) is 19.9 Å². The zero-order valence-electron chi connectivity index (χ0n) is 51.3. The lowest BCUT2D eigenvalue weighted by molar-refractivity contribution is -0.264. The van der Waals surface area contributed by atoms with Crippen molar-refractivity contribution >= 4 is 29.2 Å². The van der Waals surface area contributed by atoms with Crippen molar-refractivity contribution in [2.24, 2.45) is 35.5 Å². The molecule has 0 spiro atoms. The first-order valence-corrected chi connectivity index (χ1v) is 30.9. The predicted molar refractivity (Wildman–Crippen MR) is 314 cm³/mol. The molecule has 1 saturated carbocycles. The number of amides is 1. The summed E-state index contributed by atoms with van der Waals surface area (Å²) in [7, 11) is 3.09. The number of aliphatic hydroxyl groups excluding tert-OH is 1. The summed E-state index contributed by atoms with van der Waals surface area (Å²) in [6.45, 7) is 17.6. The van der Waals surface area contributed by atoms with Gasteiger partial charge in [-0.1, -0.05) is 88.8 Å². The highest BCUT2D eigenvalue weighted by molar-refractivity contribution is 6.39. The van der Waals surface area contributed by atoms with Crippen LogP contribution >= 0.6 is 0 Å². The van der Waals surface area contributed by atoms with Gasteiger partial charge in [0, 0.05) is 70.3 Å². The molecule has 3 aliphatic heterocycles. The third kappa shape index (κ3) is 19.0. The number of aliphatic hydroxyl groups is 2. The maximum Gasteiger partial charge on any atom is 0.329 e. The van der Waals surface area contributed by atoms with Gasteiger partial charge in [-0.2, -0.15) is 0 Å². The van der Waals surface area contributed by atoms with Crippen LogP contribution in [0.3, 0.4) is 0 Å². The molecule has 18 heteroatoms. The number of unbranched alkanes of at least 4 members (excludes halogenated alkanes) is 1. The number of fused-ring (bicyclic) bond motifs is 3. The number of Topliss-reactive ketones (excluding diaryl/α,β-unsaturated/α-hetero) is 3. The third-order valence-electron chi connectivity index (χ3n) is 17.7. The molecule has 2 saturated heterocycles. The molecule has 5 heterocycles. The number of hydrogen-bond acceptors (Lipinski definition) is 16. The summed E-state index contributed by atoms with van der Waals surface area (Å²) in [6.07, 6.45) is 20.0. The highest BCUT2D eigenvalue weighted by Gasteiger charge is 2.53. The second-order valence-electron chi connectivity index (χ2n) is 24.3. The molecule has 1 amide bonds. The van der Waals surface area contributed by atoms with Crippen LogP contribution in [0.4, 0.5) is 0 Å². The van der Waals surface area contributed by atoms with Crippen LogP contribution in [0.25, 0.3) is 0 Å². The van der Waals surface area contributed by atoms with E-state index >= 15 is 0 Å². The molecule has 3 fully saturated rings. The van der Waals surface area contributed by atoms with Gasteiger partial charge in [-0.3, -0.25) is 19.2 Å². The molecule has 2 aromatic rings. The first kappa shape index (κ1) is 67.2. The molecule has 462 valence electrons. The number of esters is 1. The average molecular weight is 1160 g/mol. The van der Waals surface area contributed by atoms with E-state index in [0.29, 0.717) is 82.5 Å². The van der Waals surface area contributed by atoms with E-state index in [1.165, 1.54) is 12.0 Å². The maximum atomic E-state index is 14.7. The molecule has 0 aromatic carbocycles. The number of aryl methyl sites for hydroxylation is 1. The Morgan fingerprint density at radius 3 is 2.41 bits per heavy atom. The molecule has 83 heavy (non-hydrogen) atoms. The van der Waals surface area contributed by atoms with Crippen LogP contribution in [0, 0.1) is 35.5 Å². The smallest absolute Gasteiger partial charge is 0.329 e. The summed E-state index contributed by atoms with van der Waals surface area (Å²) >= 11 is 0. The van der Waals surface area contributed by atoms with Crippen LogP contribution in [0.5, 0.6) is 0 Å². The summed E-state index contributed by atoms with van der Waals surface area (Å²) in [5.41, 5.74) is 2.27. The van der Waals surface area contributed by atoms with Gasteiger partial charge in [0.2, 0.25) is 5.79 Å². The molecule has 2 bridgehead atoms. The predicted octanol–water partition coefficient (Wildman–Crippen LogP) is 9.61. The van der Waals surface area contributed by atoms with Crippen LogP contribution in [0.15, 0.2) is 76.6 Å². The van der Waals surface area contributed by atoms with Crippen LogP contribution in [0.1, 0.15) is 169 Å². The van der Waals surface area contributed by atoms with Gasteiger partial charge in [-0.25, -0.2) is 9.48 Å². The Morgan fingerprint density at radius 1 is 0.880 bits per heavy atom. The Morgan fingerprint density at radius 2 is 1.67 bits per heavy atom. The number of furan rings is 1. The molecule has 6 rings (SSSR count). The van der Waals surface area contributed by atoms with Crippen molar-refractivity contribution in [2.75, 3.05) is 40.6 Å². The lowest BCUT2D eigenvalue weighted by atomic mass is 9.78. The number of aromatic nitrogens is 3. The minimum absolute atomic E-state index is 0.00294. The van der Waals surface area contributed by atoms with E-state index in [-0.39, 0.29) is 66.8 Å². The number of nitrogens with zero attached hydrogens (tertiary/aromatic N) is 4. The van der Waals surface area contributed by atoms with Crippen LogP contribution in [-0.2, 0) is 65.4 Å². The number of cyclic esters (lactones) is 1. The van der Waals surface area contributed by atoms with Gasteiger partial charge >= 0.3 is 5.97 Å². The molecule has 1 aliphatic carbocycles. The second-order valence-corrected chi connectivity index (χ2v) is 24.3. The van der Waals surface area contributed by atoms with Gasteiger partial charge in [0.15, 0.2) is 5.78 Å². The normalized spacial score (nSPS) is 34.2. The molecular formula is C65H98N4O14. The lowest BCUT2D eigenvalue weighted by Crippen LogP contribution is -2.60. The first-order valence-electron chi connectivity index (χ1n) is 30.9. The number of methoxy groups -OCH3 is 2. The van der Waals surface area contributed by atoms with E-state index < -0.39 is 71.7 Å². The fourth-order valence-electron chi connectivity index (χ4n) is 12.5. The fourth-order valence-corrected chi connectivity index (χ4v) is 12.5. The van der Waals surface area contributed by atoms with Gasteiger partial charge in [0.05, 0.1) is 43.4 Å². The van der Waals surface area contributed by atoms with Gasteiger partial charge in [-0.05, 0) is 146 Å². The summed E-state index contributed by atoms with van der Waals surface area (Å²) < 4.78 is 44.2. The zero-order valence-corrected chi connectivity index (χ0v) is 51.3. The van der Waals surface area contributed by atoms with Gasteiger partial charge in [0.1, 0.15) is 35.9 Å². The standard InChI is InChI=1S/C65H98N4O14/c1-11-31-79-34-30-68-41-50(66-67-68)22-16-18-32-81-56-28-26-49(38-58(56)77-9)37-45(5)57-40-54(70)44(4)36-47(7)60(72)61(78-10)59(71)46(6)35-42(2)20-13-12-14-21-43(3)52(55-24-19-33-80-55)39-51-27-25-48(8)65(76,83-51)62(73)63(74)69-29-17-15-23-53(69)64(75)82-57/h12-14,19-21,24,33,36,41-42,44-46,48-49,51-53,56-58,60-61,72,76H,11,15-18,22-23,25-32,34-35,37-40H2,1-10H3/b14-12+,20-13+,43-21+,47-36+/t42-,44-,45-,46-,48-,49+,51+,52?,53+,56-,57+,58-,60-,61+,65-/m1/s1. The highest BCUT2D eigenvalue weighted by Crippen LogP contribution is 2.40. The maximum absolute atomic E-state index is 14.7. The number of carbonyl (C=O) groups excluding carboxylic acids is 5. The Labute approximate surface area is 493 Å². The lowest BCUT2D eigenvalue weighted by Gasteiger charge is -2.42. The first-order chi connectivity index (χ1) is 39.8. The van der Waals surface area contributed by atoms with E-state index in [0.717, 1.165) is 56.4 Å². The largest absolute Gasteiger partial charge is 0.469 e.